The van der Waals surface area contributed by atoms with Gasteiger partial charge in [-0.3, -0.25) is 14.5 Å². The van der Waals surface area contributed by atoms with Crippen molar-refractivity contribution in [2.75, 3.05) is 6.54 Å². The van der Waals surface area contributed by atoms with Crippen molar-refractivity contribution in [1.29, 1.82) is 0 Å². The van der Waals surface area contributed by atoms with E-state index in [0.29, 0.717) is 6.42 Å². The lowest BCUT2D eigenvalue weighted by Gasteiger charge is -2.15. The first kappa shape index (κ1) is 12.2. The van der Waals surface area contributed by atoms with E-state index >= 15 is 0 Å². The molecule has 1 N–H and O–H groups in total. The molecule has 0 spiro atoms. The normalized spacial score (nSPS) is 29.6. The molecule has 0 aromatic heterocycles. The summed E-state index contributed by atoms with van der Waals surface area (Å²) in [6.45, 7) is 0.882. The third-order valence-electron chi connectivity index (χ3n) is 4.51. The van der Waals surface area contributed by atoms with E-state index in [0.717, 1.165) is 31.7 Å². The summed E-state index contributed by atoms with van der Waals surface area (Å²) in [5.41, 5.74) is 0. The van der Waals surface area contributed by atoms with Crippen molar-refractivity contribution < 1.29 is 9.59 Å². The predicted octanol–water partition coefficient (Wildman–Crippen LogP) is 1.45. The molecule has 1 heterocycles. The molecule has 0 aromatic rings. The van der Waals surface area contributed by atoms with Gasteiger partial charge in [-0.2, -0.15) is 0 Å². The fourth-order valence-corrected chi connectivity index (χ4v) is 3.29. The van der Waals surface area contributed by atoms with Crippen LogP contribution in [0.25, 0.3) is 0 Å². The smallest absolute Gasteiger partial charge is 0.247 e. The lowest BCUT2D eigenvalue weighted by molar-refractivity contribution is -0.139. The maximum atomic E-state index is 12.1. The molecular formula is C14H22N2O2. The minimum absolute atomic E-state index is 0.0221. The van der Waals surface area contributed by atoms with Crippen LogP contribution < -0.4 is 5.32 Å². The third kappa shape index (κ3) is 2.44. The van der Waals surface area contributed by atoms with Crippen molar-refractivity contribution in [3.05, 3.63) is 0 Å². The summed E-state index contributed by atoms with van der Waals surface area (Å²) >= 11 is 0. The zero-order chi connectivity index (χ0) is 12.5. The van der Waals surface area contributed by atoms with Gasteiger partial charge in [-0.25, -0.2) is 0 Å². The van der Waals surface area contributed by atoms with E-state index in [1.54, 1.807) is 0 Å². The number of amides is 2. The van der Waals surface area contributed by atoms with Crippen molar-refractivity contribution in [1.82, 2.24) is 10.2 Å². The number of hydrogen-bond donors (Lipinski definition) is 1. The Morgan fingerprint density at radius 2 is 1.83 bits per heavy atom. The minimum atomic E-state index is -0.237. The number of hydrogen-bond acceptors (Lipinski definition) is 3. The molecule has 2 saturated carbocycles. The highest BCUT2D eigenvalue weighted by Crippen LogP contribution is 2.31. The summed E-state index contributed by atoms with van der Waals surface area (Å²) in [7, 11) is 0. The molecule has 2 aliphatic carbocycles. The lowest BCUT2D eigenvalue weighted by Crippen LogP contribution is -2.40. The van der Waals surface area contributed by atoms with Gasteiger partial charge in [0.2, 0.25) is 11.8 Å². The van der Waals surface area contributed by atoms with Gasteiger partial charge in [-0.05, 0) is 31.7 Å². The molecule has 1 saturated heterocycles. The fraction of sp³-hybridized carbons (Fsp3) is 0.857. The number of likely N-dealkylation sites (tertiary alicyclic amines) is 1. The number of carbonyl (C=O) groups is 2. The average molecular weight is 250 g/mol. The van der Waals surface area contributed by atoms with Crippen molar-refractivity contribution in [2.24, 2.45) is 5.92 Å². The molecule has 3 fully saturated rings. The van der Waals surface area contributed by atoms with Gasteiger partial charge in [0.1, 0.15) is 0 Å². The molecule has 4 heteroatoms. The Balaban J connectivity index is 1.45. The molecule has 100 valence electrons. The van der Waals surface area contributed by atoms with Gasteiger partial charge in [0, 0.05) is 6.04 Å². The zero-order valence-corrected chi connectivity index (χ0v) is 10.9. The minimum Gasteiger partial charge on any atom is -0.305 e. The van der Waals surface area contributed by atoms with Crippen LogP contribution in [0, 0.1) is 5.92 Å². The first-order valence-corrected chi connectivity index (χ1v) is 7.35. The highest BCUT2D eigenvalue weighted by Gasteiger charge is 2.45. The van der Waals surface area contributed by atoms with E-state index in [2.05, 4.69) is 5.32 Å². The van der Waals surface area contributed by atoms with E-state index in [9.17, 15) is 9.59 Å². The van der Waals surface area contributed by atoms with Gasteiger partial charge in [0.25, 0.3) is 0 Å². The molecule has 0 aromatic carbocycles. The summed E-state index contributed by atoms with van der Waals surface area (Å²) in [6, 6.07) is -0.00821. The van der Waals surface area contributed by atoms with Crippen LogP contribution >= 0.6 is 0 Å². The highest BCUT2D eigenvalue weighted by molar-refractivity contribution is 6.06. The van der Waals surface area contributed by atoms with Crippen LogP contribution in [0.4, 0.5) is 0 Å². The van der Waals surface area contributed by atoms with Gasteiger partial charge in [0.15, 0.2) is 0 Å². The van der Waals surface area contributed by atoms with E-state index in [4.69, 9.17) is 0 Å². The summed E-state index contributed by atoms with van der Waals surface area (Å²) in [5, 5.41) is 3.29. The molecule has 18 heavy (non-hydrogen) atoms. The average Bonchev–Trinajstić information content (AvgIpc) is 2.95. The van der Waals surface area contributed by atoms with Gasteiger partial charge >= 0.3 is 0 Å². The van der Waals surface area contributed by atoms with Gasteiger partial charge < -0.3 is 5.32 Å². The summed E-state index contributed by atoms with van der Waals surface area (Å²) < 4.78 is 0. The van der Waals surface area contributed by atoms with E-state index in [-0.39, 0.29) is 23.9 Å². The molecule has 1 unspecified atom stereocenters. The molecule has 2 amide bonds. The highest BCUT2D eigenvalue weighted by atomic mass is 16.2. The second kappa shape index (κ2) is 5.00. The number of nitrogens with one attached hydrogen (secondary N) is 1. The maximum Gasteiger partial charge on any atom is 0.247 e. The standard InChI is InChI=1S/C14H22N2O2/c17-13-9-12(14(18)16(13)11-5-6-11)15-8-7-10-3-1-2-4-10/h10-12,15H,1-9H2. The first-order chi connectivity index (χ1) is 8.75. The van der Waals surface area contributed by atoms with Crippen LogP contribution in [0.3, 0.4) is 0 Å². The quantitative estimate of drug-likeness (QED) is 0.751. The Kier molecular flexibility index (Phi) is 3.37. The molecule has 3 aliphatic rings. The van der Waals surface area contributed by atoms with E-state index in [1.807, 2.05) is 0 Å². The Bertz CT molecular complexity index is 346. The fourth-order valence-electron chi connectivity index (χ4n) is 3.29. The predicted molar refractivity (Wildman–Crippen MR) is 67.9 cm³/mol. The Morgan fingerprint density at radius 3 is 2.50 bits per heavy atom. The second-order valence-electron chi connectivity index (χ2n) is 5.98. The SMILES string of the molecule is O=C1CC(NCCC2CCCC2)C(=O)N1C1CC1. The van der Waals surface area contributed by atoms with Crippen LogP contribution in [0.15, 0.2) is 0 Å². The monoisotopic (exact) mass is 250 g/mol. The molecule has 0 radical (unpaired) electrons. The first-order valence-electron chi connectivity index (χ1n) is 7.35. The van der Waals surface area contributed by atoms with Crippen LogP contribution in [0.1, 0.15) is 51.4 Å². The number of nitrogens with zero attached hydrogens (tertiary/aromatic N) is 1. The van der Waals surface area contributed by atoms with Crippen molar-refractivity contribution in [3.8, 4) is 0 Å². The topological polar surface area (TPSA) is 49.4 Å². The Morgan fingerprint density at radius 1 is 1.11 bits per heavy atom. The second-order valence-corrected chi connectivity index (χ2v) is 5.98. The van der Waals surface area contributed by atoms with Crippen LogP contribution in [0.5, 0.6) is 0 Å². The Labute approximate surface area is 108 Å². The third-order valence-corrected chi connectivity index (χ3v) is 4.51. The van der Waals surface area contributed by atoms with Gasteiger partial charge in [-0.1, -0.05) is 25.7 Å². The number of rotatable bonds is 5. The lowest BCUT2D eigenvalue weighted by atomic mass is 10.0. The molecule has 3 rings (SSSR count). The van der Waals surface area contributed by atoms with Crippen molar-refractivity contribution >= 4 is 11.8 Å². The zero-order valence-electron chi connectivity index (χ0n) is 10.9. The molecule has 1 aliphatic heterocycles. The molecule has 4 nitrogen and oxygen atoms in total. The maximum absolute atomic E-state index is 12.1. The van der Waals surface area contributed by atoms with E-state index in [1.165, 1.54) is 30.6 Å². The molecule has 1 atom stereocenters. The summed E-state index contributed by atoms with van der Waals surface area (Å²) in [4.78, 5) is 25.3. The summed E-state index contributed by atoms with van der Waals surface area (Å²) in [5.74, 6) is 0.888. The number of imide groups is 1. The Hall–Kier alpha value is -0.900. The van der Waals surface area contributed by atoms with Crippen molar-refractivity contribution in [2.45, 2.75) is 63.5 Å². The van der Waals surface area contributed by atoms with Gasteiger partial charge in [0.05, 0.1) is 12.5 Å². The summed E-state index contributed by atoms with van der Waals surface area (Å²) in [6.07, 6.45) is 8.95. The molecule has 0 bridgehead atoms. The van der Waals surface area contributed by atoms with Crippen molar-refractivity contribution in [3.63, 3.8) is 0 Å². The van der Waals surface area contributed by atoms with Crippen LogP contribution in [-0.2, 0) is 9.59 Å². The molecular weight excluding hydrogens is 228 g/mol. The van der Waals surface area contributed by atoms with Crippen LogP contribution in [0.2, 0.25) is 0 Å². The van der Waals surface area contributed by atoms with Crippen LogP contribution in [-0.4, -0.2) is 35.3 Å². The largest absolute Gasteiger partial charge is 0.305 e. The van der Waals surface area contributed by atoms with Gasteiger partial charge in [-0.15, -0.1) is 0 Å². The van der Waals surface area contributed by atoms with E-state index < -0.39 is 0 Å². The number of carbonyl (C=O) groups excluding carboxylic acids is 2.